The van der Waals surface area contributed by atoms with Crippen LogP contribution in [0.15, 0.2) is 12.4 Å². The topological polar surface area (TPSA) is 49.8 Å². The minimum absolute atomic E-state index is 0.000556. The van der Waals surface area contributed by atoms with Crippen LogP contribution in [-0.4, -0.2) is 22.0 Å². The molecule has 1 unspecified atom stereocenters. The van der Waals surface area contributed by atoms with Crippen molar-refractivity contribution in [1.82, 2.24) is 14.9 Å². The summed E-state index contributed by atoms with van der Waals surface area (Å²) in [6.07, 6.45) is 3.51. The zero-order chi connectivity index (χ0) is 11.4. The summed E-state index contributed by atoms with van der Waals surface area (Å²) in [6.45, 7) is 6.65. The summed E-state index contributed by atoms with van der Waals surface area (Å²) in [5.41, 5.74) is 0. The van der Waals surface area contributed by atoms with Gasteiger partial charge in [-0.05, 0) is 25.1 Å². The highest BCUT2D eigenvalue weighted by Crippen LogP contribution is 2.06. The Morgan fingerprint density at radius 1 is 1.60 bits per heavy atom. The fourth-order valence-corrected chi connectivity index (χ4v) is 1.50. The molecule has 4 nitrogen and oxygen atoms in total. The van der Waals surface area contributed by atoms with Crippen molar-refractivity contribution in [2.45, 2.75) is 26.8 Å². The first-order valence-electron chi connectivity index (χ1n) is 5.05. The zero-order valence-electron chi connectivity index (χ0n) is 9.28. The van der Waals surface area contributed by atoms with Gasteiger partial charge in [-0.2, -0.15) is 0 Å². The zero-order valence-corrected chi connectivity index (χ0v) is 10.1. The normalized spacial score (nSPS) is 12.8. The summed E-state index contributed by atoms with van der Waals surface area (Å²) in [7, 11) is 0. The SMILES string of the molecule is CC(C)CNC(=O)C(C)n1cc[nH]c1=S. The van der Waals surface area contributed by atoms with Crippen LogP contribution >= 0.6 is 12.2 Å². The van der Waals surface area contributed by atoms with E-state index in [0.29, 0.717) is 17.2 Å². The van der Waals surface area contributed by atoms with Crippen molar-refractivity contribution in [3.63, 3.8) is 0 Å². The monoisotopic (exact) mass is 227 g/mol. The highest BCUT2D eigenvalue weighted by molar-refractivity contribution is 7.71. The second kappa shape index (κ2) is 5.11. The number of aromatic amines is 1. The fourth-order valence-electron chi connectivity index (χ4n) is 1.21. The molecule has 0 aliphatic rings. The molecule has 0 bridgehead atoms. The van der Waals surface area contributed by atoms with Gasteiger partial charge < -0.3 is 14.9 Å². The van der Waals surface area contributed by atoms with Crippen LogP contribution in [-0.2, 0) is 4.79 Å². The van der Waals surface area contributed by atoms with Crippen LogP contribution in [0.5, 0.6) is 0 Å². The Kier molecular flexibility index (Phi) is 4.08. The number of nitrogens with one attached hydrogen (secondary N) is 2. The van der Waals surface area contributed by atoms with Crippen molar-refractivity contribution in [3.05, 3.63) is 17.2 Å². The Bertz CT molecular complexity index is 380. The number of imidazole rings is 1. The number of H-pyrrole nitrogens is 1. The van der Waals surface area contributed by atoms with Gasteiger partial charge in [0.1, 0.15) is 6.04 Å². The largest absolute Gasteiger partial charge is 0.354 e. The lowest BCUT2D eigenvalue weighted by Gasteiger charge is -2.14. The third-order valence-corrected chi connectivity index (χ3v) is 2.49. The van der Waals surface area contributed by atoms with Crippen molar-refractivity contribution in [1.29, 1.82) is 0 Å². The minimum Gasteiger partial charge on any atom is -0.354 e. The third kappa shape index (κ3) is 3.20. The van der Waals surface area contributed by atoms with Crippen molar-refractivity contribution in [2.24, 2.45) is 5.92 Å². The maximum atomic E-state index is 11.7. The smallest absolute Gasteiger partial charge is 0.242 e. The summed E-state index contributed by atoms with van der Waals surface area (Å²) in [4.78, 5) is 14.6. The molecule has 1 amide bonds. The quantitative estimate of drug-likeness (QED) is 0.772. The van der Waals surface area contributed by atoms with Crippen molar-refractivity contribution in [2.75, 3.05) is 6.54 Å². The van der Waals surface area contributed by atoms with Crippen LogP contribution in [0.4, 0.5) is 0 Å². The number of hydrogen-bond acceptors (Lipinski definition) is 2. The molecule has 0 aliphatic heterocycles. The lowest BCUT2D eigenvalue weighted by Crippen LogP contribution is -2.33. The van der Waals surface area contributed by atoms with Crippen LogP contribution in [0.1, 0.15) is 26.8 Å². The van der Waals surface area contributed by atoms with Gasteiger partial charge in [0.05, 0.1) is 0 Å². The Morgan fingerprint density at radius 3 is 2.73 bits per heavy atom. The van der Waals surface area contributed by atoms with E-state index >= 15 is 0 Å². The molecule has 1 aromatic rings. The van der Waals surface area contributed by atoms with Crippen molar-refractivity contribution in [3.8, 4) is 0 Å². The molecule has 1 heterocycles. The van der Waals surface area contributed by atoms with E-state index in [2.05, 4.69) is 24.1 Å². The average molecular weight is 227 g/mol. The molecule has 0 radical (unpaired) electrons. The molecule has 5 heteroatoms. The van der Waals surface area contributed by atoms with Crippen LogP contribution in [0, 0.1) is 10.7 Å². The van der Waals surface area contributed by atoms with Gasteiger partial charge in [-0.15, -0.1) is 0 Å². The highest BCUT2D eigenvalue weighted by Gasteiger charge is 2.14. The third-order valence-electron chi connectivity index (χ3n) is 2.16. The second-order valence-corrected chi connectivity index (χ2v) is 4.37. The van der Waals surface area contributed by atoms with Crippen LogP contribution in [0.3, 0.4) is 0 Å². The molecule has 1 aromatic heterocycles. The van der Waals surface area contributed by atoms with E-state index < -0.39 is 0 Å². The molecule has 0 spiro atoms. The first kappa shape index (κ1) is 12.0. The number of carbonyl (C=O) groups excluding carboxylic acids is 1. The Balaban J connectivity index is 2.61. The van der Waals surface area contributed by atoms with E-state index in [-0.39, 0.29) is 11.9 Å². The first-order chi connectivity index (χ1) is 7.02. The molecule has 0 aliphatic carbocycles. The molecule has 1 atom stereocenters. The maximum Gasteiger partial charge on any atom is 0.242 e. The highest BCUT2D eigenvalue weighted by atomic mass is 32.1. The first-order valence-corrected chi connectivity index (χ1v) is 5.46. The average Bonchev–Trinajstić information content (AvgIpc) is 2.59. The summed E-state index contributed by atoms with van der Waals surface area (Å²) in [6, 6.07) is -0.262. The lowest BCUT2D eigenvalue weighted by molar-refractivity contribution is -0.124. The molecule has 15 heavy (non-hydrogen) atoms. The van der Waals surface area contributed by atoms with Gasteiger partial charge in [0.25, 0.3) is 0 Å². The number of carbonyl (C=O) groups is 1. The van der Waals surface area contributed by atoms with Crippen LogP contribution < -0.4 is 5.32 Å². The molecule has 2 N–H and O–H groups in total. The molecular weight excluding hydrogens is 210 g/mol. The summed E-state index contributed by atoms with van der Waals surface area (Å²) in [5, 5.41) is 2.88. The number of aromatic nitrogens is 2. The minimum atomic E-state index is -0.262. The van der Waals surface area contributed by atoms with Gasteiger partial charge >= 0.3 is 0 Å². The number of hydrogen-bond donors (Lipinski definition) is 2. The van der Waals surface area contributed by atoms with E-state index in [0.717, 1.165) is 0 Å². The van der Waals surface area contributed by atoms with Crippen molar-refractivity contribution >= 4 is 18.1 Å². The van der Waals surface area contributed by atoms with Gasteiger partial charge in [0.2, 0.25) is 5.91 Å². The van der Waals surface area contributed by atoms with Gasteiger partial charge in [-0.3, -0.25) is 4.79 Å². The molecule has 0 fully saturated rings. The number of amides is 1. The van der Waals surface area contributed by atoms with Crippen LogP contribution in [0.25, 0.3) is 0 Å². The van der Waals surface area contributed by atoms with Gasteiger partial charge in [-0.1, -0.05) is 13.8 Å². The maximum absolute atomic E-state index is 11.7. The molecule has 1 rings (SSSR count). The fraction of sp³-hybridized carbons (Fsp3) is 0.600. The van der Waals surface area contributed by atoms with Gasteiger partial charge in [0.15, 0.2) is 4.77 Å². The molecule has 0 saturated heterocycles. The Morgan fingerprint density at radius 2 is 2.27 bits per heavy atom. The van der Waals surface area contributed by atoms with Crippen molar-refractivity contribution < 1.29 is 4.79 Å². The van der Waals surface area contributed by atoms with E-state index in [4.69, 9.17) is 12.2 Å². The van der Waals surface area contributed by atoms with Gasteiger partial charge in [0, 0.05) is 18.9 Å². The summed E-state index contributed by atoms with van der Waals surface area (Å²) >= 11 is 5.04. The Labute approximate surface area is 94.7 Å². The van der Waals surface area contributed by atoms with E-state index in [1.54, 1.807) is 17.0 Å². The molecular formula is C10H17N3OS. The predicted molar refractivity (Wildman–Crippen MR) is 62.2 cm³/mol. The number of rotatable bonds is 4. The van der Waals surface area contributed by atoms with Gasteiger partial charge in [-0.25, -0.2) is 0 Å². The predicted octanol–water partition coefficient (Wildman–Crippen LogP) is 1.88. The standard InChI is InChI=1S/C10H17N3OS/c1-7(2)6-12-9(14)8(3)13-5-4-11-10(13)15/h4-5,7-8H,6H2,1-3H3,(H,11,15)(H,12,14). The second-order valence-electron chi connectivity index (χ2n) is 3.99. The summed E-state index contributed by atoms with van der Waals surface area (Å²) < 4.78 is 2.31. The van der Waals surface area contributed by atoms with E-state index in [1.165, 1.54) is 0 Å². The Hall–Kier alpha value is -1.10. The van der Waals surface area contributed by atoms with E-state index in [9.17, 15) is 4.79 Å². The number of nitrogens with zero attached hydrogens (tertiary/aromatic N) is 1. The molecule has 0 saturated carbocycles. The molecule has 0 aromatic carbocycles. The van der Waals surface area contributed by atoms with E-state index in [1.807, 2.05) is 6.92 Å². The summed E-state index contributed by atoms with van der Waals surface area (Å²) in [5.74, 6) is 0.458. The van der Waals surface area contributed by atoms with Crippen LogP contribution in [0.2, 0.25) is 0 Å². The lowest BCUT2D eigenvalue weighted by atomic mass is 10.2. The molecule has 84 valence electrons.